The van der Waals surface area contributed by atoms with Crippen molar-refractivity contribution < 1.29 is 4.74 Å². The van der Waals surface area contributed by atoms with Gasteiger partial charge in [0, 0.05) is 13.5 Å². The van der Waals surface area contributed by atoms with Crippen LogP contribution in [0.2, 0.25) is 0 Å². The predicted molar refractivity (Wildman–Crippen MR) is 78.8 cm³/mol. The summed E-state index contributed by atoms with van der Waals surface area (Å²) in [5, 5.41) is 10.0. The highest BCUT2D eigenvalue weighted by molar-refractivity contribution is 7.11. The Morgan fingerprint density at radius 3 is 2.68 bits per heavy atom. The normalized spacial score (nSPS) is 14.3. The van der Waals surface area contributed by atoms with Crippen molar-refractivity contribution in [3.05, 3.63) is 45.9 Å². The maximum absolute atomic E-state index is 6.42. The Kier molecular flexibility index (Phi) is 5.31. The SMILES string of the molecule is COC(C)CCc1nnc(C(Cl)c2ccccc2)s1. The third-order valence-corrected chi connectivity index (χ3v) is 4.59. The van der Waals surface area contributed by atoms with Crippen molar-refractivity contribution in [3.63, 3.8) is 0 Å². The van der Waals surface area contributed by atoms with Gasteiger partial charge in [0.15, 0.2) is 0 Å². The van der Waals surface area contributed by atoms with Crippen molar-refractivity contribution in [2.75, 3.05) is 7.11 Å². The van der Waals surface area contributed by atoms with Gasteiger partial charge in [-0.3, -0.25) is 0 Å². The number of methoxy groups -OCH3 is 1. The summed E-state index contributed by atoms with van der Waals surface area (Å²) in [6.07, 6.45) is 2.07. The number of ether oxygens (including phenoxy) is 1. The summed E-state index contributed by atoms with van der Waals surface area (Å²) < 4.78 is 5.23. The minimum atomic E-state index is -0.215. The Morgan fingerprint density at radius 2 is 2.00 bits per heavy atom. The zero-order valence-corrected chi connectivity index (χ0v) is 12.6. The van der Waals surface area contributed by atoms with Gasteiger partial charge in [-0.15, -0.1) is 21.8 Å². The van der Waals surface area contributed by atoms with Crippen LogP contribution < -0.4 is 0 Å². The molecule has 1 aromatic carbocycles. The molecule has 1 aromatic heterocycles. The fraction of sp³-hybridized carbons (Fsp3) is 0.429. The zero-order chi connectivity index (χ0) is 13.7. The Hall–Kier alpha value is -0.970. The molecule has 0 radical (unpaired) electrons. The van der Waals surface area contributed by atoms with Gasteiger partial charge in [-0.2, -0.15) is 0 Å². The molecule has 2 aromatic rings. The van der Waals surface area contributed by atoms with E-state index in [1.54, 1.807) is 18.4 Å². The van der Waals surface area contributed by atoms with Gasteiger partial charge >= 0.3 is 0 Å². The lowest BCUT2D eigenvalue weighted by atomic mass is 10.1. The summed E-state index contributed by atoms with van der Waals surface area (Å²) in [7, 11) is 1.72. The van der Waals surface area contributed by atoms with E-state index in [4.69, 9.17) is 16.3 Å². The summed E-state index contributed by atoms with van der Waals surface area (Å²) in [6, 6.07) is 9.95. The number of aromatic nitrogens is 2. The number of nitrogens with zero attached hydrogens (tertiary/aromatic N) is 2. The number of rotatable bonds is 6. The summed E-state index contributed by atoms with van der Waals surface area (Å²) in [4.78, 5) is 0. The Morgan fingerprint density at radius 1 is 1.26 bits per heavy atom. The van der Waals surface area contributed by atoms with E-state index in [2.05, 4.69) is 17.1 Å². The second-order valence-electron chi connectivity index (χ2n) is 4.39. The van der Waals surface area contributed by atoms with Gasteiger partial charge in [0.05, 0.1) is 6.10 Å². The molecule has 0 amide bonds. The molecule has 0 bridgehead atoms. The number of benzene rings is 1. The smallest absolute Gasteiger partial charge is 0.139 e. The molecule has 102 valence electrons. The molecule has 19 heavy (non-hydrogen) atoms. The van der Waals surface area contributed by atoms with Crippen molar-refractivity contribution in [3.8, 4) is 0 Å². The molecule has 5 heteroatoms. The van der Waals surface area contributed by atoms with E-state index in [0.29, 0.717) is 0 Å². The Balaban J connectivity index is 2.01. The quantitative estimate of drug-likeness (QED) is 0.760. The van der Waals surface area contributed by atoms with Crippen molar-refractivity contribution in [2.24, 2.45) is 0 Å². The number of alkyl halides is 1. The number of halogens is 1. The first-order valence-electron chi connectivity index (χ1n) is 6.24. The van der Waals surface area contributed by atoms with Crippen LogP contribution in [0.4, 0.5) is 0 Å². The fourth-order valence-electron chi connectivity index (χ4n) is 1.68. The van der Waals surface area contributed by atoms with E-state index in [9.17, 15) is 0 Å². The van der Waals surface area contributed by atoms with Crippen LogP contribution in [0.3, 0.4) is 0 Å². The maximum Gasteiger partial charge on any atom is 0.139 e. The molecule has 2 unspecified atom stereocenters. The third-order valence-electron chi connectivity index (χ3n) is 2.96. The highest BCUT2D eigenvalue weighted by Crippen LogP contribution is 2.30. The molecule has 0 N–H and O–H groups in total. The molecular weight excluding hydrogens is 280 g/mol. The van der Waals surface area contributed by atoms with E-state index in [0.717, 1.165) is 28.4 Å². The van der Waals surface area contributed by atoms with Gasteiger partial charge in [0.2, 0.25) is 0 Å². The first-order valence-corrected chi connectivity index (χ1v) is 7.50. The Labute approximate surface area is 122 Å². The monoisotopic (exact) mass is 296 g/mol. The average Bonchev–Trinajstić information content (AvgIpc) is 2.93. The van der Waals surface area contributed by atoms with Crippen molar-refractivity contribution >= 4 is 22.9 Å². The first-order chi connectivity index (χ1) is 9.20. The summed E-state index contributed by atoms with van der Waals surface area (Å²) in [5.41, 5.74) is 1.05. The second kappa shape index (κ2) is 6.98. The largest absolute Gasteiger partial charge is 0.382 e. The van der Waals surface area contributed by atoms with E-state index < -0.39 is 0 Å². The van der Waals surface area contributed by atoms with Gasteiger partial charge in [-0.25, -0.2) is 0 Å². The van der Waals surface area contributed by atoms with Crippen LogP contribution in [0.5, 0.6) is 0 Å². The van der Waals surface area contributed by atoms with Crippen molar-refractivity contribution in [2.45, 2.75) is 31.2 Å². The lowest BCUT2D eigenvalue weighted by Gasteiger charge is -2.06. The predicted octanol–water partition coefficient (Wildman–Crippen LogP) is 3.83. The lowest BCUT2D eigenvalue weighted by molar-refractivity contribution is 0.111. The van der Waals surface area contributed by atoms with Crippen LogP contribution in [0, 0.1) is 0 Å². The summed E-state index contributed by atoms with van der Waals surface area (Å²) in [6.45, 7) is 2.05. The Bertz CT molecular complexity index is 503. The molecule has 0 aliphatic heterocycles. The molecule has 0 aliphatic rings. The highest BCUT2D eigenvalue weighted by atomic mass is 35.5. The summed E-state index contributed by atoms with van der Waals surface area (Å²) in [5.74, 6) is 0. The van der Waals surface area contributed by atoms with Gasteiger partial charge in [-0.05, 0) is 18.9 Å². The number of aryl methyl sites for hydroxylation is 1. The van der Waals surface area contributed by atoms with E-state index in [1.807, 2.05) is 30.3 Å². The minimum Gasteiger partial charge on any atom is -0.382 e. The standard InChI is InChI=1S/C14H17ClN2OS/c1-10(18-2)8-9-12-16-17-14(19-12)13(15)11-6-4-3-5-7-11/h3-7,10,13H,8-9H2,1-2H3. The van der Waals surface area contributed by atoms with E-state index in [1.165, 1.54) is 0 Å². The van der Waals surface area contributed by atoms with Crippen LogP contribution in [0.25, 0.3) is 0 Å². The molecule has 2 rings (SSSR count). The zero-order valence-electron chi connectivity index (χ0n) is 11.0. The number of hydrogen-bond acceptors (Lipinski definition) is 4. The van der Waals surface area contributed by atoms with Crippen LogP contribution >= 0.6 is 22.9 Å². The van der Waals surface area contributed by atoms with Crippen LogP contribution in [-0.4, -0.2) is 23.4 Å². The molecule has 2 atom stereocenters. The highest BCUT2D eigenvalue weighted by Gasteiger charge is 2.16. The summed E-state index contributed by atoms with van der Waals surface area (Å²) >= 11 is 8.00. The van der Waals surface area contributed by atoms with Crippen LogP contribution in [-0.2, 0) is 11.2 Å². The minimum absolute atomic E-state index is 0.215. The first kappa shape index (κ1) is 14.4. The average molecular weight is 297 g/mol. The van der Waals surface area contributed by atoms with Gasteiger partial charge in [0.25, 0.3) is 0 Å². The molecule has 0 fully saturated rings. The third kappa shape index (κ3) is 4.00. The molecule has 0 aliphatic carbocycles. The van der Waals surface area contributed by atoms with E-state index in [-0.39, 0.29) is 11.5 Å². The fourth-order valence-corrected chi connectivity index (χ4v) is 2.87. The second-order valence-corrected chi connectivity index (χ2v) is 5.92. The number of hydrogen-bond donors (Lipinski definition) is 0. The van der Waals surface area contributed by atoms with Crippen LogP contribution in [0.1, 0.15) is 34.3 Å². The molecule has 0 spiro atoms. The lowest BCUT2D eigenvalue weighted by Crippen LogP contribution is -2.05. The van der Waals surface area contributed by atoms with E-state index >= 15 is 0 Å². The molecule has 1 heterocycles. The maximum atomic E-state index is 6.42. The van der Waals surface area contributed by atoms with Gasteiger partial charge in [-0.1, -0.05) is 41.7 Å². The topological polar surface area (TPSA) is 35.0 Å². The van der Waals surface area contributed by atoms with Gasteiger partial charge in [0.1, 0.15) is 15.4 Å². The molecule has 3 nitrogen and oxygen atoms in total. The van der Waals surface area contributed by atoms with Gasteiger partial charge < -0.3 is 4.74 Å². The molecule has 0 saturated carbocycles. The molecular formula is C14H17ClN2OS. The van der Waals surface area contributed by atoms with Crippen molar-refractivity contribution in [1.82, 2.24) is 10.2 Å². The van der Waals surface area contributed by atoms with Crippen LogP contribution in [0.15, 0.2) is 30.3 Å². The van der Waals surface area contributed by atoms with Crippen molar-refractivity contribution in [1.29, 1.82) is 0 Å². The molecule has 0 saturated heterocycles.